The van der Waals surface area contributed by atoms with Crippen LogP contribution >= 0.6 is 27.3 Å². The Bertz CT molecular complexity index is 351. The molecule has 0 aliphatic rings. The summed E-state index contributed by atoms with van der Waals surface area (Å²) in [4.78, 5) is 11.7. The van der Waals surface area contributed by atoms with Crippen LogP contribution in [0.25, 0.3) is 0 Å². The van der Waals surface area contributed by atoms with E-state index >= 15 is 0 Å². The second kappa shape index (κ2) is 5.07. The molecule has 0 aromatic carbocycles. The molecular weight excluding hydrogens is 282 g/mol. The first-order valence-electron chi connectivity index (χ1n) is 4.32. The molecule has 6 heteroatoms. The summed E-state index contributed by atoms with van der Waals surface area (Å²) >= 11 is 4.94. The average molecular weight is 294 g/mol. The monoisotopic (exact) mass is 293 g/mol. The van der Waals surface area contributed by atoms with Crippen LogP contribution in [0.2, 0.25) is 0 Å². The number of aliphatic carboxylic acids is 1. The molecule has 4 nitrogen and oxygen atoms in total. The summed E-state index contributed by atoms with van der Waals surface area (Å²) in [6.45, 7) is 1.83. The van der Waals surface area contributed by atoms with Crippen LogP contribution in [0.1, 0.15) is 11.8 Å². The van der Waals surface area contributed by atoms with Crippen molar-refractivity contribution < 1.29 is 15.0 Å². The zero-order valence-corrected chi connectivity index (χ0v) is 10.6. The Labute approximate surface area is 100 Å². The van der Waals surface area contributed by atoms with Crippen molar-refractivity contribution in [3.05, 3.63) is 20.8 Å². The van der Waals surface area contributed by atoms with Gasteiger partial charge in [0.2, 0.25) is 0 Å². The molecular formula is C9H12BrNO3S. The molecule has 0 fully saturated rings. The molecule has 0 amide bonds. The normalized spacial score (nSPS) is 14.9. The SMILES string of the molecule is CC(O)(CNCc1sccc1Br)C(=O)O. The topological polar surface area (TPSA) is 69.6 Å². The first kappa shape index (κ1) is 12.6. The van der Waals surface area contributed by atoms with E-state index in [4.69, 9.17) is 5.11 Å². The highest BCUT2D eigenvalue weighted by Gasteiger charge is 2.29. The predicted octanol–water partition coefficient (Wildman–Crippen LogP) is 1.44. The number of carbonyl (C=O) groups is 1. The summed E-state index contributed by atoms with van der Waals surface area (Å²) < 4.78 is 0.995. The van der Waals surface area contributed by atoms with Crippen LogP contribution in [0, 0.1) is 0 Å². The smallest absolute Gasteiger partial charge is 0.336 e. The van der Waals surface area contributed by atoms with Crippen LogP contribution in [-0.2, 0) is 11.3 Å². The lowest BCUT2D eigenvalue weighted by molar-refractivity contribution is -0.156. The van der Waals surface area contributed by atoms with Crippen molar-refractivity contribution in [2.75, 3.05) is 6.54 Å². The zero-order chi connectivity index (χ0) is 11.5. The lowest BCUT2D eigenvalue weighted by Crippen LogP contribution is -2.44. The van der Waals surface area contributed by atoms with Gasteiger partial charge in [-0.1, -0.05) is 0 Å². The van der Waals surface area contributed by atoms with Crippen molar-refractivity contribution in [2.45, 2.75) is 19.1 Å². The van der Waals surface area contributed by atoms with E-state index in [2.05, 4.69) is 21.2 Å². The molecule has 1 atom stereocenters. The number of carboxylic acids is 1. The third kappa shape index (κ3) is 3.57. The summed E-state index contributed by atoms with van der Waals surface area (Å²) in [7, 11) is 0. The number of hydrogen-bond donors (Lipinski definition) is 3. The van der Waals surface area contributed by atoms with Gasteiger partial charge in [-0.25, -0.2) is 4.79 Å². The quantitative estimate of drug-likeness (QED) is 0.768. The molecule has 1 aromatic rings. The van der Waals surface area contributed by atoms with Gasteiger partial charge >= 0.3 is 5.97 Å². The first-order valence-corrected chi connectivity index (χ1v) is 5.99. The number of rotatable bonds is 5. The fraction of sp³-hybridized carbons (Fsp3) is 0.444. The molecule has 1 heterocycles. The van der Waals surface area contributed by atoms with Gasteiger partial charge in [0.15, 0.2) is 5.60 Å². The lowest BCUT2D eigenvalue weighted by atomic mass is 10.1. The summed E-state index contributed by atoms with van der Waals surface area (Å²) in [5.74, 6) is -1.22. The molecule has 0 bridgehead atoms. The van der Waals surface area contributed by atoms with Gasteiger partial charge in [0, 0.05) is 22.4 Å². The van der Waals surface area contributed by atoms with Crippen molar-refractivity contribution in [2.24, 2.45) is 0 Å². The Morgan fingerprint density at radius 2 is 2.40 bits per heavy atom. The largest absolute Gasteiger partial charge is 0.479 e. The maximum atomic E-state index is 10.6. The summed E-state index contributed by atoms with van der Waals surface area (Å²) in [5, 5.41) is 22.9. The van der Waals surface area contributed by atoms with Crippen molar-refractivity contribution in [3.63, 3.8) is 0 Å². The lowest BCUT2D eigenvalue weighted by Gasteiger charge is -2.18. The molecule has 0 spiro atoms. The minimum absolute atomic E-state index is 0.0205. The van der Waals surface area contributed by atoms with Gasteiger partial charge in [-0.2, -0.15) is 0 Å². The van der Waals surface area contributed by atoms with E-state index in [1.807, 2.05) is 11.4 Å². The van der Waals surface area contributed by atoms with Gasteiger partial charge in [-0.3, -0.25) is 0 Å². The predicted molar refractivity (Wildman–Crippen MR) is 62.0 cm³/mol. The zero-order valence-electron chi connectivity index (χ0n) is 8.16. The molecule has 1 unspecified atom stereocenters. The van der Waals surface area contributed by atoms with Crippen LogP contribution < -0.4 is 5.32 Å². The number of thiophene rings is 1. The number of carboxylic acid groups (broad SMARTS) is 1. The van der Waals surface area contributed by atoms with Gasteiger partial charge in [-0.05, 0) is 34.3 Å². The number of hydrogen-bond acceptors (Lipinski definition) is 4. The molecule has 1 aromatic heterocycles. The number of nitrogens with one attached hydrogen (secondary N) is 1. The van der Waals surface area contributed by atoms with Crippen LogP contribution in [0.4, 0.5) is 0 Å². The minimum Gasteiger partial charge on any atom is -0.479 e. The molecule has 0 saturated heterocycles. The Balaban J connectivity index is 2.40. The van der Waals surface area contributed by atoms with E-state index in [0.29, 0.717) is 6.54 Å². The minimum atomic E-state index is -1.72. The van der Waals surface area contributed by atoms with E-state index < -0.39 is 11.6 Å². The molecule has 84 valence electrons. The Hall–Kier alpha value is -0.430. The van der Waals surface area contributed by atoms with Crippen LogP contribution in [0.15, 0.2) is 15.9 Å². The third-order valence-corrected chi connectivity index (χ3v) is 3.83. The number of halogens is 1. The molecule has 1 rings (SSSR count). The van der Waals surface area contributed by atoms with Crippen molar-refractivity contribution >= 4 is 33.2 Å². The van der Waals surface area contributed by atoms with Gasteiger partial charge < -0.3 is 15.5 Å². The van der Waals surface area contributed by atoms with Gasteiger partial charge in [0.25, 0.3) is 0 Å². The fourth-order valence-electron chi connectivity index (χ4n) is 0.946. The molecule has 0 aliphatic carbocycles. The molecule has 15 heavy (non-hydrogen) atoms. The number of aliphatic hydroxyl groups is 1. The fourth-order valence-corrected chi connectivity index (χ4v) is 2.41. The first-order chi connectivity index (χ1) is 6.93. The van der Waals surface area contributed by atoms with Crippen molar-refractivity contribution in [1.82, 2.24) is 5.32 Å². The van der Waals surface area contributed by atoms with Crippen LogP contribution in [0.3, 0.4) is 0 Å². The molecule has 0 radical (unpaired) electrons. The second-order valence-corrected chi connectivity index (χ2v) is 5.23. The maximum Gasteiger partial charge on any atom is 0.336 e. The van der Waals surface area contributed by atoms with Gasteiger partial charge in [0.05, 0.1) is 0 Å². The summed E-state index contributed by atoms with van der Waals surface area (Å²) in [6, 6.07) is 1.93. The van der Waals surface area contributed by atoms with Crippen LogP contribution in [-0.4, -0.2) is 28.3 Å². The summed E-state index contributed by atoms with van der Waals surface area (Å²) in [5.41, 5.74) is -1.72. The second-order valence-electron chi connectivity index (χ2n) is 3.37. The van der Waals surface area contributed by atoms with Gasteiger partial charge in [-0.15, -0.1) is 11.3 Å². The highest BCUT2D eigenvalue weighted by atomic mass is 79.9. The van der Waals surface area contributed by atoms with E-state index in [0.717, 1.165) is 9.35 Å². The third-order valence-electron chi connectivity index (χ3n) is 1.91. The molecule has 3 N–H and O–H groups in total. The van der Waals surface area contributed by atoms with Crippen molar-refractivity contribution in [3.8, 4) is 0 Å². The highest BCUT2D eigenvalue weighted by molar-refractivity contribution is 9.10. The van der Waals surface area contributed by atoms with E-state index in [1.54, 1.807) is 11.3 Å². The van der Waals surface area contributed by atoms with Gasteiger partial charge in [0.1, 0.15) is 0 Å². The van der Waals surface area contributed by atoms with E-state index in [-0.39, 0.29) is 6.54 Å². The van der Waals surface area contributed by atoms with Crippen molar-refractivity contribution in [1.29, 1.82) is 0 Å². The standard InChI is InChI=1S/C9H12BrNO3S/c1-9(14,8(12)13)5-11-4-7-6(10)2-3-15-7/h2-3,11,14H,4-5H2,1H3,(H,12,13). The Morgan fingerprint density at radius 3 is 2.87 bits per heavy atom. The Kier molecular flexibility index (Phi) is 4.27. The molecule has 0 aliphatic heterocycles. The Morgan fingerprint density at radius 1 is 1.73 bits per heavy atom. The maximum absolute atomic E-state index is 10.6. The average Bonchev–Trinajstić information content (AvgIpc) is 2.51. The molecule has 0 saturated carbocycles. The van der Waals surface area contributed by atoms with E-state index in [1.165, 1.54) is 6.92 Å². The highest BCUT2D eigenvalue weighted by Crippen LogP contribution is 2.22. The van der Waals surface area contributed by atoms with E-state index in [9.17, 15) is 9.90 Å². The summed E-state index contributed by atoms with van der Waals surface area (Å²) in [6.07, 6.45) is 0. The van der Waals surface area contributed by atoms with Crippen LogP contribution in [0.5, 0.6) is 0 Å².